The van der Waals surface area contributed by atoms with E-state index in [1.54, 1.807) is 0 Å². The van der Waals surface area contributed by atoms with Gasteiger partial charge in [0.05, 0.1) is 5.60 Å². The molecule has 0 saturated carbocycles. The zero-order valence-corrected chi connectivity index (χ0v) is 14.9. The van der Waals surface area contributed by atoms with Crippen LogP contribution in [0.4, 0.5) is 0 Å². The van der Waals surface area contributed by atoms with Crippen molar-refractivity contribution in [3.05, 3.63) is 34.3 Å². The molecule has 0 radical (unpaired) electrons. The van der Waals surface area contributed by atoms with E-state index in [4.69, 9.17) is 4.74 Å². The fourth-order valence-corrected chi connectivity index (χ4v) is 3.75. The van der Waals surface area contributed by atoms with Crippen LogP contribution in [0.15, 0.2) is 28.7 Å². The lowest BCUT2D eigenvalue weighted by Gasteiger charge is -2.40. The molecule has 21 heavy (non-hydrogen) atoms. The highest BCUT2D eigenvalue weighted by Crippen LogP contribution is 2.27. The molecular formula is C17H27BrN2O. The normalized spacial score (nSPS) is 25.0. The van der Waals surface area contributed by atoms with E-state index in [9.17, 15) is 0 Å². The highest BCUT2D eigenvalue weighted by molar-refractivity contribution is 9.10. The summed E-state index contributed by atoms with van der Waals surface area (Å²) in [4.78, 5) is 2.54. The van der Waals surface area contributed by atoms with Crippen molar-refractivity contribution in [2.45, 2.75) is 37.8 Å². The van der Waals surface area contributed by atoms with Gasteiger partial charge < -0.3 is 15.0 Å². The first-order valence-corrected chi connectivity index (χ1v) is 8.56. The predicted molar refractivity (Wildman–Crippen MR) is 91.6 cm³/mol. The fourth-order valence-electron chi connectivity index (χ4n) is 3.19. The van der Waals surface area contributed by atoms with Crippen molar-refractivity contribution < 1.29 is 4.74 Å². The third kappa shape index (κ3) is 4.52. The Morgan fingerprint density at radius 3 is 2.86 bits per heavy atom. The zero-order valence-electron chi connectivity index (χ0n) is 13.4. The average molecular weight is 355 g/mol. The molecule has 0 amide bonds. The minimum absolute atomic E-state index is 0.0285. The van der Waals surface area contributed by atoms with Gasteiger partial charge in [0.1, 0.15) is 0 Å². The Labute approximate surface area is 137 Å². The summed E-state index contributed by atoms with van der Waals surface area (Å²) < 4.78 is 6.87. The summed E-state index contributed by atoms with van der Waals surface area (Å²) in [5.74, 6) is 0. The van der Waals surface area contributed by atoms with Crippen molar-refractivity contribution in [2.75, 3.05) is 33.8 Å². The van der Waals surface area contributed by atoms with Gasteiger partial charge in [0, 0.05) is 30.7 Å². The molecule has 1 aliphatic heterocycles. The van der Waals surface area contributed by atoms with Gasteiger partial charge in [-0.1, -0.05) is 34.1 Å². The van der Waals surface area contributed by atoms with E-state index in [1.807, 2.05) is 14.2 Å². The Morgan fingerprint density at radius 2 is 2.19 bits per heavy atom. The van der Waals surface area contributed by atoms with Crippen LogP contribution < -0.4 is 5.32 Å². The van der Waals surface area contributed by atoms with E-state index < -0.39 is 0 Å². The predicted octanol–water partition coefficient (Wildman–Crippen LogP) is 3.60. The van der Waals surface area contributed by atoms with Crippen LogP contribution >= 0.6 is 15.9 Å². The fraction of sp³-hybridized carbons (Fsp3) is 0.647. The zero-order chi connectivity index (χ0) is 15.3. The Kier molecular flexibility index (Phi) is 6.23. The van der Waals surface area contributed by atoms with Crippen LogP contribution in [0, 0.1) is 0 Å². The number of nitrogens with one attached hydrogen (secondary N) is 1. The Bertz CT molecular complexity index is 454. The number of nitrogens with zero attached hydrogens (tertiary/aromatic N) is 1. The van der Waals surface area contributed by atoms with Gasteiger partial charge in [0.15, 0.2) is 0 Å². The van der Waals surface area contributed by atoms with Crippen molar-refractivity contribution in [3.8, 4) is 0 Å². The molecule has 1 saturated heterocycles. The van der Waals surface area contributed by atoms with E-state index in [2.05, 4.69) is 57.3 Å². The van der Waals surface area contributed by atoms with Gasteiger partial charge >= 0.3 is 0 Å². The van der Waals surface area contributed by atoms with Gasteiger partial charge in [-0.3, -0.25) is 0 Å². The van der Waals surface area contributed by atoms with Gasteiger partial charge in [-0.15, -0.1) is 0 Å². The molecule has 1 aromatic carbocycles. The van der Waals surface area contributed by atoms with Crippen LogP contribution in [0.2, 0.25) is 0 Å². The summed E-state index contributed by atoms with van der Waals surface area (Å²) in [5, 5.41) is 3.45. The lowest BCUT2D eigenvalue weighted by atomic mass is 9.94. The maximum Gasteiger partial charge on any atom is 0.0777 e. The van der Waals surface area contributed by atoms with Crippen LogP contribution in [0.3, 0.4) is 0 Å². The number of hydrogen-bond acceptors (Lipinski definition) is 3. The Balaban J connectivity index is 1.93. The number of hydrogen-bond donors (Lipinski definition) is 1. The number of benzene rings is 1. The van der Waals surface area contributed by atoms with Crippen LogP contribution in [-0.2, 0) is 4.74 Å². The molecule has 2 atom stereocenters. The van der Waals surface area contributed by atoms with Crippen molar-refractivity contribution in [2.24, 2.45) is 0 Å². The monoisotopic (exact) mass is 354 g/mol. The van der Waals surface area contributed by atoms with Crippen molar-refractivity contribution in [1.82, 2.24) is 10.2 Å². The molecule has 1 N–H and O–H groups in total. The average Bonchev–Trinajstić information content (AvgIpc) is 2.50. The van der Waals surface area contributed by atoms with Gasteiger partial charge in [-0.05, 0) is 51.4 Å². The topological polar surface area (TPSA) is 24.5 Å². The molecule has 0 aliphatic carbocycles. The highest BCUT2D eigenvalue weighted by Gasteiger charge is 2.30. The third-order valence-electron chi connectivity index (χ3n) is 4.59. The molecule has 2 rings (SSSR count). The van der Waals surface area contributed by atoms with E-state index >= 15 is 0 Å². The van der Waals surface area contributed by atoms with Crippen LogP contribution in [0.25, 0.3) is 0 Å². The van der Waals surface area contributed by atoms with E-state index in [1.165, 1.54) is 29.4 Å². The first-order valence-electron chi connectivity index (χ1n) is 7.77. The molecule has 118 valence electrons. The second-order valence-electron chi connectivity index (χ2n) is 6.19. The molecule has 0 spiro atoms. The largest absolute Gasteiger partial charge is 0.377 e. The molecule has 3 nitrogen and oxygen atoms in total. The third-order valence-corrected chi connectivity index (χ3v) is 5.32. The summed E-state index contributed by atoms with van der Waals surface area (Å²) >= 11 is 3.66. The highest BCUT2D eigenvalue weighted by atomic mass is 79.9. The maximum atomic E-state index is 5.68. The standard InChI is InChI=1S/C17H27BrN2O/c1-17(21-3)10-6-11-20(13-17)12-9-16(19-2)14-7-4-5-8-15(14)18/h4-5,7-8,16,19H,6,9-13H2,1-3H3. The minimum Gasteiger partial charge on any atom is -0.377 e. The number of rotatable bonds is 6. The molecule has 1 heterocycles. The lowest BCUT2D eigenvalue weighted by molar-refractivity contribution is -0.0511. The second-order valence-corrected chi connectivity index (χ2v) is 7.04. The van der Waals surface area contributed by atoms with Gasteiger partial charge in [0.2, 0.25) is 0 Å². The summed E-state index contributed by atoms with van der Waals surface area (Å²) in [6.45, 7) is 5.55. The lowest BCUT2D eigenvalue weighted by Crippen LogP contribution is -2.47. The minimum atomic E-state index is 0.0285. The Morgan fingerprint density at radius 1 is 1.43 bits per heavy atom. The first kappa shape index (κ1) is 16.9. The smallest absolute Gasteiger partial charge is 0.0777 e. The molecule has 2 unspecified atom stereocenters. The molecule has 1 aliphatic rings. The number of ether oxygens (including phenoxy) is 1. The quantitative estimate of drug-likeness (QED) is 0.844. The molecule has 0 bridgehead atoms. The number of halogens is 1. The Hall–Kier alpha value is -0.420. The number of likely N-dealkylation sites (tertiary alicyclic amines) is 1. The molecule has 0 aromatic heterocycles. The summed E-state index contributed by atoms with van der Waals surface area (Å²) in [6.07, 6.45) is 3.50. The molecular weight excluding hydrogens is 328 g/mol. The second kappa shape index (κ2) is 7.73. The van der Waals surface area contributed by atoms with E-state index in [-0.39, 0.29) is 5.60 Å². The van der Waals surface area contributed by atoms with Crippen molar-refractivity contribution in [1.29, 1.82) is 0 Å². The van der Waals surface area contributed by atoms with Crippen molar-refractivity contribution >= 4 is 15.9 Å². The maximum absolute atomic E-state index is 5.68. The van der Waals surface area contributed by atoms with Crippen molar-refractivity contribution in [3.63, 3.8) is 0 Å². The first-order chi connectivity index (χ1) is 10.1. The van der Waals surface area contributed by atoms with E-state index in [0.717, 1.165) is 19.5 Å². The number of piperidine rings is 1. The van der Waals surface area contributed by atoms with Gasteiger partial charge in [0.25, 0.3) is 0 Å². The van der Waals surface area contributed by atoms with E-state index in [0.29, 0.717) is 6.04 Å². The summed E-state index contributed by atoms with van der Waals surface area (Å²) in [5.41, 5.74) is 1.37. The van der Waals surface area contributed by atoms with Gasteiger partial charge in [-0.2, -0.15) is 0 Å². The summed E-state index contributed by atoms with van der Waals surface area (Å²) in [7, 11) is 3.88. The van der Waals surface area contributed by atoms with Gasteiger partial charge in [-0.25, -0.2) is 0 Å². The molecule has 1 aromatic rings. The summed E-state index contributed by atoms with van der Waals surface area (Å²) in [6, 6.07) is 8.86. The SMILES string of the molecule is CNC(CCN1CCCC(C)(OC)C1)c1ccccc1Br. The van der Waals surface area contributed by atoms with Crippen LogP contribution in [-0.4, -0.2) is 44.3 Å². The molecule has 4 heteroatoms. The molecule has 1 fully saturated rings. The van der Waals surface area contributed by atoms with Crippen LogP contribution in [0.5, 0.6) is 0 Å². The number of methoxy groups -OCH3 is 1. The van der Waals surface area contributed by atoms with Crippen LogP contribution in [0.1, 0.15) is 37.8 Å².